The molecule has 0 radical (unpaired) electrons. The van der Waals surface area contributed by atoms with E-state index in [1.54, 1.807) is 6.07 Å². The van der Waals surface area contributed by atoms with Crippen molar-refractivity contribution in [2.24, 2.45) is 5.73 Å². The van der Waals surface area contributed by atoms with E-state index in [2.05, 4.69) is 18.2 Å². The Balaban J connectivity index is 1.83. The van der Waals surface area contributed by atoms with Gasteiger partial charge in [-0.2, -0.15) is 0 Å². The standard InChI is InChI=1S/C18H20FN/c19-17-11-4-1-6-14(17)12-18(20)16-10-3-2-9-15(16)13-7-5-8-13/h1-4,6,9-11,13,18H,5,7-8,12,20H2. The molecule has 20 heavy (non-hydrogen) atoms. The molecule has 1 aliphatic rings. The molecule has 0 bridgehead atoms. The molecule has 0 spiro atoms. The van der Waals surface area contributed by atoms with Crippen LogP contribution in [0, 0.1) is 5.82 Å². The van der Waals surface area contributed by atoms with Crippen LogP contribution in [0.15, 0.2) is 48.5 Å². The summed E-state index contributed by atoms with van der Waals surface area (Å²) in [6.07, 6.45) is 4.37. The molecule has 2 heteroatoms. The average molecular weight is 269 g/mol. The van der Waals surface area contributed by atoms with Crippen LogP contribution in [0.25, 0.3) is 0 Å². The quantitative estimate of drug-likeness (QED) is 0.878. The molecule has 2 N–H and O–H groups in total. The van der Waals surface area contributed by atoms with Crippen molar-refractivity contribution < 1.29 is 4.39 Å². The van der Waals surface area contributed by atoms with Gasteiger partial charge < -0.3 is 5.73 Å². The van der Waals surface area contributed by atoms with Crippen LogP contribution >= 0.6 is 0 Å². The molecule has 2 aromatic rings. The van der Waals surface area contributed by atoms with Crippen LogP contribution in [0.1, 0.15) is 47.9 Å². The van der Waals surface area contributed by atoms with Crippen molar-refractivity contribution in [2.75, 3.05) is 0 Å². The van der Waals surface area contributed by atoms with Gasteiger partial charge in [-0.1, -0.05) is 48.9 Å². The molecule has 0 aliphatic heterocycles. The highest BCUT2D eigenvalue weighted by Gasteiger charge is 2.24. The second kappa shape index (κ2) is 5.76. The molecule has 104 valence electrons. The second-order valence-corrected chi connectivity index (χ2v) is 5.66. The van der Waals surface area contributed by atoms with Gasteiger partial charge in [0.15, 0.2) is 0 Å². The van der Waals surface area contributed by atoms with E-state index in [4.69, 9.17) is 5.73 Å². The normalized spacial score (nSPS) is 16.7. The topological polar surface area (TPSA) is 26.0 Å². The summed E-state index contributed by atoms with van der Waals surface area (Å²) in [7, 11) is 0. The van der Waals surface area contributed by atoms with Crippen LogP contribution < -0.4 is 5.73 Å². The van der Waals surface area contributed by atoms with Crippen LogP contribution in [-0.4, -0.2) is 0 Å². The van der Waals surface area contributed by atoms with Crippen LogP contribution in [0.2, 0.25) is 0 Å². The van der Waals surface area contributed by atoms with Gasteiger partial charge in [0.25, 0.3) is 0 Å². The van der Waals surface area contributed by atoms with E-state index in [0.29, 0.717) is 17.9 Å². The maximum atomic E-state index is 13.7. The monoisotopic (exact) mass is 269 g/mol. The zero-order valence-corrected chi connectivity index (χ0v) is 11.6. The van der Waals surface area contributed by atoms with E-state index >= 15 is 0 Å². The van der Waals surface area contributed by atoms with Crippen molar-refractivity contribution >= 4 is 0 Å². The average Bonchev–Trinajstić information content (AvgIpc) is 2.40. The van der Waals surface area contributed by atoms with Crippen molar-refractivity contribution in [3.8, 4) is 0 Å². The lowest BCUT2D eigenvalue weighted by atomic mass is 9.77. The lowest BCUT2D eigenvalue weighted by Crippen LogP contribution is -2.19. The first kappa shape index (κ1) is 13.3. The van der Waals surface area contributed by atoms with Crippen molar-refractivity contribution in [1.82, 2.24) is 0 Å². The summed E-state index contributed by atoms with van der Waals surface area (Å²) in [5.41, 5.74) is 9.59. The summed E-state index contributed by atoms with van der Waals surface area (Å²) in [5, 5.41) is 0. The van der Waals surface area contributed by atoms with Gasteiger partial charge in [0.05, 0.1) is 0 Å². The Labute approximate surface area is 119 Å². The Morgan fingerprint density at radius 2 is 1.75 bits per heavy atom. The highest BCUT2D eigenvalue weighted by Crippen LogP contribution is 2.39. The second-order valence-electron chi connectivity index (χ2n) is 5.66. The van der Waals surface area contributed by atoms with Crippen LogP contribution in [-0.2, 0) is 6.42 Å². The van der Waals surface area contributed by atoms with Gasteiger partial charge in [-0.15, -0.1) is 0 Å². The summed E-state index contributed by atoms with van der Waals surface area (Å²) < 4.78 is 13.7. The minimum absolute atomic E-state index is 0.135. The minimum Gasteiger partial charge on any atom is -0.324 e. The van der Waals surface area contributed by atoms with Crippen molar-refractivity contribution in [3.05, 3.63) is 71.0 Å². The highest BCUT2D eigenvalue weighted by molar-refractivity contribution is 5.35. The summed E-state index contributed by atoms with van der Waals surface area (Å²) in [6.45, 7) is 0. The van der Waals surface area contributed by atoms with Gasteiger partial charge in [-0.05, 0) is 47.9 Å². The first-order valence-corrected chi connectivity index (χ1v) is 7.33. The zero-order valence-electron chi connectivity index (χ0n) is 11.6. The Kier molecular flexibility index (Phi) is 3.83. The molecule has 1 aliphatic carbocycles. The van der Waals surface area contributed by atoms with Crippen LogP contribution in [0.5, 0.6) is 0 Å². The summed E-state index contributed by atoms with van der Waals surface area (Å²) in [6, 6.07) is 15.1. The molecule has 1 unspecified atom stereocenters. The molecule has 2 aromatic carbocycles. The predicted octanol–water partition coefficient (Wildman–Crippen LogP) is 4.34. The number of hydrogen-bond acceptors (Lipinski definition) is 1. The maximum Gasteiger partial charge on any atom is 0.126 e. The number of rotatable bonds is 4. The van der Waals surface area contributed by atoms with Crippen LogP contribution in [0.3, 0.4) is 0 Å². The van der Waals surface area contributed by atoms with E-state index in [9.17, 15) is 4.39 Å². The molecule has 0 heterocycles. The fourth-order valence-electron chi connectivity index (χ4n) is 2.95. The summed E-state index contributed by atoms with van der Waals surface area (Å²) in [4.78, 5) is 0. The number of hydrogen-bond donors (Lipinski definition) is 1. The smallest absolute Gasteiger partial charge is 0.126 e. The molecular formula is C18H20FN. The molecule has 1 nitrogen and oxygen atoms in total. The molecule has 0 amide bonds. The van der Waals surface area contributed by atoms with Crippen molar-refractivity contribution in [1.29, 1.82) is 0 Å². The third-order valence-electron chi connectivity index (χ3n) is 4.34. The first-order chi connectivity index (χ1) is 9.75. The number of benzene rings is 2. The lowest BCUT2D eigenvalue weighted by molar-refractivity contribution is 0.415. The minimum atomic E-state index is -0.163. The molecule has 1 fully saturated rings. The summed E-state index contributed by atoms with van der Waals surface area (Å²) >= 11 is 0. The highest BCUT2D eigenvalue weighted by atomic mass is 19.1. The molecule has 1 atom stereocenters. The SMILES string of the molecule is NC(Cc1ccccc1F)c1ccccc1C1CCC1. The largest absolute Gasteiger partial charge is 0.324 e. The molecule has 1 saturated carbocycles. The third kappa shape index (κ3) is 2.61. The zero-order chi connectivity index (χ0) is 13.9. The third-order valence-corrected chi connectivity index (χ3v) is 4.34. The van der Waals surface area contributed by atoms with Gasteiger partial charge in [0.1, 0.15) is 5.82 Å². The molecule has 3 rings (SSSR count). The van der Waals surface area contributed by atoms with Gasteiger partial charge in [-0.25, -0.2) is 4.39 Å². The Morgan fingerprint density at radius 3 is 2.45 bits per heavy atom. The number of nitrogens with two attached hydrogens (primary N) is 1. The van der Waals surface area contributed by atoms with E-state index < -0.39 is 0 Å². The van der Waals surface area contributed by atoms with Gasteiger partial charge in [0.2, 0.25) is 0 Å². The van der Waals surface area contributed by atoms with Gasteiger partial charge in [0, 0.05) is 6.04 Å². The maximum absolute atomic E-state index is 13.7. The van der Waals surface area contributed by atoms with E-state index in [1.807, 2.05) is 18.2 Å². The van der Waals surface area contributed by atoms with Crippen molar-refractivity contribution in [2.45, 2.75) is 37.6 Å². The molecular weight excluding hydrogens is 249 g/mol. The lowest BCUT2D eigenvalue weighted by Gasteiger charge is -2.29. The van der Waals surface area contributed by atoms with E-state index in [1.165, 1.54) is 36.5 Å². The van der Waals surface area contributed by atoms with Gasteiger partial charge >= 0.3 is 0 Å². The molecule has 0 aromatic heterocycles. The predicted molar refractivity (Wildman–Crippen MR) is 80.1 cm³/mol. The Bertz CT molecular complexity index is 589. The van der Waals surface area contributed by atoms with Crippen LogP contribution in [0.4, 0.5) is 4.39 Å². The van der Waals surface area contributed by atoms with E-state index in [-0.39, 0.29) is 11.9 Å². The fraction of sp³-hybridized carbons (Fsp3) is 0.333. The Hall–Kier alpha value is -1.67. The van der Waals surface area contributed by atoms with E-state index in [0.717, 1.165) is 0 Å². The fourth-order valence-corrected chi connectivity index (χ4v) is 2.95. The molecule has 0 saturated heterocycles. The summed E-state index contributed by atoms with van der Waals surface area (Å²) in [5.74, 6) is 0.488. The Morgan fingerprint density at radius 1 is 1.05 bits per heavy atom. The number of halogens is 1. The first-order valence-electron chi connectivity index (χ1n) is 7.33. The van der Waals surface area contributed by atoms with Gasteiger partial charge in [-0.3, -0.25) is 0 Å². The van der Waals surface area contributed by atoms with Crippen molar-refractivity contribution in [3.63, 3.8) is 0 Å².